The van der Waals surface area contributed by atoms with Gasteiger partial charge in [0.1, 0.15) is 0 Å². The number of nitrogens with zero attached hydrogens (tertiary/aromatic N) is 1. The third-order valence-electron chi connectivity index (χ3n) is 7.49. The van der Waals surface area contributed by atoms with E-state index in [0.29, 0.717) is 18.8 Å². The number of hydrogen-bond acceptors (Lipinski definition) is 5. The van der Waals surface area contributed by atoms with Crippen molar-refractivity contribution in [1.29, 1.82) is 0 Å². The highest BCUT2D eigenvalue weighted by atomic mass is 79.9. The molecule has 0 spiro atoms. The molecule has 0 amide bonds. The highest BCUT2D eigenvalue weighted by Gasteiger charge is 2.39. The molecule has 0 fully saturated rings. The van der Waals surface area contributed by atoms with Crippen LogP contribution in [0.1, 0.15) is 46.2 Å². The Labute approximate surface area is 208 Å². The van der Waals surface area contributed by atoms with Crippen LogP contribution in [-0.2, 0) is 19.4 Å². The smallest absolute Gasteiger partial charge is 0.231 e. The van der Waals surface area contributed by atoms with Crippen LogP contribution in [0.15, 0.2) is 53.0 Å². The third-order valence-corrected chi connectivity index (χ3v) is 8.02. The molecule has 3 aliphatic rings. The van der Waals surface area contributed by atoms with Gasteiger partial charge in [-0.1, -0.05) is 34.1 Å². The molecule has 6 heteroatoms. The summed E-state index contributed by atoms with van der Waals surface area (Å²) in [4.78, 5) is 2.61. The molecule has 0 aromatic heterocycles. The largest absolute Gasteiger partial charge is 0.493 e. The summed E-state index contributed by atoms with van der Waals surface area (Å²) in [5, 5.41) is 0. The maximum atomic E-state index is 5.79. The van der Waals surface area contributed by atoms with Crippen molar-refractivity contribution in [2.24, 2.45) is 0 Å². The Morgan fingerprint density at radius 3 is 2.47 bits per heavy atom. The van der Waals surface area contributed by atoms with Crippen LogP contribution in [0, 0.1) is 0 Å². The molecule has 0 saturated heterocycles. The second-order valence-corrected chi connectivity index (χ2v) is 10.2. The van der Waals surface area contributed by atoms with Crippen molar-refractivity contribution in [2.45, 2.75) is 37.8 Å². The molecule has 5 nitrogen and oxygen atoms in total. The average molecular weight is 522 g/mol. The van der Waals surface area contributed by atoms with Crippen LogP contribution in [-0.4, -0.2) is 32.5 Å². The number of halogens is 1. The third kappa shape index (κ3) is 3.73. The van der Waals surface area contributed by atoms with Gasteiger partial charge in [0.25, 0.3) is 0 Å². The number of hydrogen-bond donors (Lipinski definition) is 0. The van der Waals surface area contributed by atoms with Crippen LogP contribution >= 0.6 is 15.9 Å². The fourth-order valence-corrected chi connectivity index (χ4v) is 6.05. The van der Waals surface area contributed by atoms with Gasteiger partial charge in [0.05, 0.1) is 14.2 Å². The maximum Gasteiger partial charge on any atom is 0.231 e. The molecular formula is C28H28BrNO4. The van der Waals surface area contributed by atoms with Gasteiger partial charge in [-0.15, -0.1) is 0 Å². The lowest BCUT2D eigenvalue weighted by Gasteiger charge is -2.45. The zero-order valence-corrected chi connectivity index (χ0v) is 21.1. The minimum absolute atomic E-state index is 0.302. The molecule has 3 aromatic rings. The van der Waals surface area contributed by atoms with Gasteiger partial charge < -0.3 is 18.9 Å². The zero-order chi connectivity index (χ0) is 23.2. The van der Waals surface area contributed by atoms with Crippen molar-refractivity contribution in [2.75, 3.05) is 27.6 Å². The summed E-state index contributed by atoms with van der Waals surface area (Å²) in [5.41, 5.74) is 6.72. The van der Waals surface area contributed by atoms with E-state index in [1.54, 1.807) is 14.2 Å². The van der Waals surface area contributed by atoms with Crippen LogP contribution < -0.4 is 18.9 Å². The predicted molar refractivity (Wildman–Crippen MR) is 134 cm³/mol. The number of methoxy groups -OCH3 is 2. The van der Waals surface area contributed by atoms with E-state index >= 15 is 0 Å². The molecule has 3 aromatic carbocycles. The number of rotatable bonds is 5. The van der Waals surface area contributed by atoms with Crippen molar-refractivity contribution in [3.8, 4) is 23.0 Å². The summed E-state index contributed by atoms with van der Waals surface area (Å²) < 4.78 is 24.0. The topological polar surface area (TPSA) is 40.2 Å². The Kier molecular flexibility index (Phi) is 5.66. The number of fused-ring (bicyclic) bond motifs is 5. The zero-order valence-electron chi connectivity index (χ0n) is 19.5. The predicted octanol–water partition coefficient (Wildman–Crippen LogP) is 6.02. The van der Waals surface area contributed by atoms with Gasteiger partial charge >= 0.3 is 0 Å². The van der Waals surface area contributed by atoms with Gasteiger partial charge in [-0.3, -0.25) is 4.90 Å². The second-order valence-electron chi connectivity index (χ2n) is 9.28. The minimum atomic E-state index is 0.302. The molecule has 3 heterocycles. The number of aryl methyl sites for hydroxylation is 1. The van der Waals surface area contributed by atoms with E-state index in [0.717, 1.165) is 59.8 Å². The minimum Gasteiger partial charge on any atom is -0.493 e. The van der Waals surface area contributed by atoms with Crippen molar-refractivity contribution in [3.63, 3.8) is 0 Å². The Bertz CT molecular complexity index is 1230. The summed E-state index contributed by atoms with van der Waals surface area (Å²) in [6, 6.07) is 17.7. The summed E-state index contributed by atoms with van der Waals surface area (Å²) >= 11 is 3.54. The standard InChI is InChI=1S/C28H28BrNO4/c1-31-25-10-7-18-11-24-22-13-27-26(33-16-34-27)12-21(22)19(6-3-17-4-8-20(29)9-5-17)14-30(24)15-23(18)28(25)32-2/h4-5,7-10,12-13,19,24H,3,6,11,14-16H2,1-2H3. The SMILES string of the molecule is COc1ccc2c(c1OC)CN1CC(CCc3ccc(Br)cc3)c3cc4c(cc3C1C2)OCO4. The lowest BCUT2D eigenvalue weighted by atomic mass is 9.77. The van der Waals surface area contributed by atoms with Crippen LogP contribution in [0.25, 0.3) is 0 Å². The first-order chi connectivity index (χ1) is 16.6. The number of benzene rings is 3. The van der Waals surface area contributed by atoms with E-state index in [4.69, 9.17) is 18.9 Å². The van der Waals surface area contributed by atoms with Crippen molar-refractivity contribution in [3.05, 3.63) is 80.8 Å². The molecule has 0 N–H and O–H groups in total. The first kappa shape index (κ1) is 21.8. The second kappa shape index (κ2) is 8.82. The molecule has 6 rings (SSSR count). The highest BCUT2D eigenvalue weighted by Crippen LogP contribution is 2.49. The van der Waals surface area contributed by atoms with Gasteiger partial charge in [-0.2, -0.15) is 0 Å². The van der Waals surface area contributed by atoms with E-state index in [-0.39, 0.29) is 0 Å². The maximum absolute atomic E-state index is 5.79. The quantitative estimate of drug-likeness (QED) is 0.410. The molecule has 2 atom stereocenters. The summed E-state index contributed by atoms with van der Waals surface area (Å²) in [7, 11) is 3.44. The lowest BCUT2D eigenvalue weighted by Crippen LogP contribution is -2.41. The van der Waals surface area contributed by atoms with E-state index in [1.807, 2.05) is 6.07 Å². The van der Waals surface area contributed by atoms with E-state index < -0.39 is 0 Å². The molecule has 176 valence electrons. The molecule has 0 saturated carbocycles. The average Bonchev–Trinajstić information content (AvgIpc) is 3.33. The molecule has 3 aliphatic heterocycles. The van der Waals surface area contributed by atoms with Crippen LogP contribution in [0.4, 0.5) is 0 Å². The van der Waals surface area contributed by atoms with Gasteiger partial charge in [0.2, 0.25) is 6.79 Å². The fourth-order valence-electron chi connectivity index (χ4n) is 5.78. The molecule has 34 heavy (non-hydrogen) atoms. The first-order valence-electron chi connectivity index (χ1n) is 11.8. The van der Waals surface area contributed by atoms with E-state index in [1.165, 1.54) is 27.8 Å². The summed E-state index contributed by atoms with van der Waals surface area (Å²) in [6.45, 7) is 2.16. The molecule has 0 radical (unpaired) electrons. The molecule has 0 aliphatic carbocycles. The Morgan fingerprint density at radius 1 is 0.971 bits per heavy atom. The van der Waals surface area contributed by atoms with Crippen molar-refractivity contribution in [1.82, 2.24) is 4.90 Å². The van der Waals surface area contributed by atoms with Gasteiger partial charge in [0.15, 0.2) is 23.0 Å². The van der Waals surface area contributed by atoms with Gasteiger partial charge in [0, 0.05) is 29.2 Å². The van der Waals surface area contributed by atoms with Crippen molar-refractivity contribution < 1.29 is 18.9 Å². The monoisotopic (exact) mass is 521 g/mol. The Balaban J connectivity index is 1.36. The Morgan fingerprint density at radius 2 is 1.74 bits per heavy atom. The van der Waals surface area contributed by atoms with E-state index in [2.05, 4.69) is 63.3 Å². The molecule has 0 bridgehead atoms. The van der Waals surface area contributed by atoms with Gasteiger partial charge in [-0.25, -0.2) is 0 Å². The Hall–Kier alpha value is -2.70. The lowest BCUT2D eigenvalue weighted by molar-refractivity contribution is 0.139. The highest BCUT2D eigenvalue weighted by molar-refractivity contribution is 9.10. The molecular weight excluding hydrogens is 494 g/mol. The molecule has 2 unspecified atom stereocenters. The van der Waals surface area contributed by atoms with Crippen LogP contribution in [0.5, 0.6) is 23.0 Å². The number of ether oxygens (including phenoxy) is 4. The normalized spacial score (nSPS) is 20.3. The van der Waals surface area contributed by atoms with Crippen LogP contribution in [0.3, 0.4) is 0 Å². The fraction of sp³-hybridized carbons (Fsp3) is 0.357. The van der Waals surface area contributed by atoms with Crippen LogP contribution in [0.2, 0.25) is 0 Å². The first-order valence-corrected chi connectivity index (χ1v) is 12.6. The summed E-state index contributed by atoms with van der Waals surface area (Å²) in [6.07, 6.45) is 3.07. The van der Waals surface area contributed by atoms with E-state index in [9.17, 15) is 0 Å². The van der Waals surface area contributed by atoms with Gasteiger partial charge in [-0.05, 0) is 77.8 Å². The van der Waals surface area contributed by atoms with Crippen molar-refractivity contribution >= 4 is 15.9 Å². The summed E-state index contributed by atoms with van der Waals surface area (Å²) in [5.74, 6) is 3.82.